The molecule has 2 aromatic carbocycles. The van der Waals surface area contributed by atoms with Crippen LogP contribution in [0.4, 0.5) is 11.4 Å². The number of benzene rings is 2. The normalized spacial score (nSPS) is 10.5. The fourth-order valence-corrected chi connectivity index (χ4v) is 2.61. The zero-order valence-electron chi connectivity index (χ0n) is 15.3. The maximum Gasteiger partial charge on any atom is 0.314 e. The van der Waals surface area contributed by atoms with Gasteiger partial charge in [0.1, 0.15) is 5.75 Å². The van der Waals surface area contributed by atoms with Crippen LogP contribution in [0.5, 0.6) is 5.75 Å². The minimum atomic E-state index is -0.734. The van der Waals surface area contributed by atoms with Gasteiger partial charge in [-0.2, -0.15) is 0 Å². The SMILES string of the molecule is COc1ccc(C)cc1NC(=O)C(=O)Nc1c(C)cccc1C(C)C. The second-order valence-electron chi connectivity index (χ2n) is 6.31. The molecule has 0 aromatic heterocycles. The number of ether oxygens (including phenoxy) is 1. The second kappa shape index (κ2) is 7.83. The molecule has 0 aliphatic rings. The summed E-state index contributed by atoms with van der Waals surface area (Å²) in [5.41, 5.74) is 4.03. The molecule has 2 amide bonds. The van der Waals surface area contributed by atoms with Crippen molar-refractivity contribution >= 4 is 23.2 Å². The van der Waals surface area contributed by atoms with Crippen LogP contribution >= 0.6 is 0 Å². The molecule has 5 nitrogen and oxygen atoms in total. The van der Waals surface area contributed by atoms with Gasteiger partial charge in [0.25, 0.3) is 0 Å². The van der Waals surface area contributed by atoms with Crippen molar-refractivity contribution in [3.8, 4) is 5.75 Å². The van der Waals surface area contributed by atoms with E-state index in [0.29, 0.717) is 17.1 Å². The molecule has 5 heteroatoms. The topological polar surface area (TPSA) is 67.4 Å². The molecular weight excluding hydrogens is 316 g/mol. The molecule has 0 bridgehead atoms. The Kier molecular flexibility index (Phi) is 5.80. The van der Waals surface area contributed by atoms with E-state index in [1.54, 1.807) is 12.1 Å². The van der Waals surface area contributed by atoms with Crippen LogP contribution in [0, 0.1) is 13.8 Å². The molecule has 0 fully saturated rings. The Hall–Kier alpha value is -2.82. The van der Waals surface area contributed by atoms with Gasteiger partial charge in [0, 0.05) is 5.69 Å². The lowest BCUT2D eigenvalue weighted by molar-refractivity contribution is -0.133. The Morgan fingerprint density at radius 1 is 1.00 bits per heavy atom. The largest absolute Gasteiger partial charge is 0.495 e. The predicted octanol–water partition coefficient (Wildman–Crippen LogP) is 4.01. The number of amides is 2. The molecular formula is C20H24N2O3. The Morgan fingerprint density at radius 3 is 2.32 bits per heavy atom. The van der Waals surface area contributed by atoms with Crippen molar-refractivity contribution < 1.29 is 14.3 Å². The highest BCUT2D eigenvalue weighted by Crippen LogP contribution is 2.28. The third-order valence-corrected chi connectivity index (χ3v) is 3.97. The Bertz CT molecular complexity index is 798. The van der Waals surface area contributed by atoms with Gasteiger partial charge in [0.05, 0.1) is 12.8 Å². The molecule has 0 unspecified atom stereocenters. The summed E-state index contributed by atoms with van der Waals surface area (Å²) in [4.78, 5) is 24.7. The number of aryl methyl sites for hydroxylation is 2. The minimum absolute atomic E-state index is 0.232. The zero-order chi connectivity index (χ0) is 18.6. The van der Waals surface area contributed by atoms with Crippen molar-refractivity contribution in [3.05, 3.63) is 53.1 Å². The van der Waals surface area contributed by atoms with Crippen LogP contribution in [-0.2, 0) is 9.59 Å². The van der Waals surface area contributed by atoms with Crippen LogP contribution < -0.4 is 15.4 Å². The van der Waals surface area contributed by atoms with E-state index < -0.39 is 11.8 Å². The van der Waals surface area contributed by atoms with E-state index in [4.69, 9.17) is 4.74 Å². The summed E-state index contributed by atoms with van der Waals surface area (Å²) in [5.74, 6) is -0.706. The number of methoxy groups -OCH3 is 1. The Morgan fingerprint density at radius 2 is 1.68 bits per heavy atom. The fraction of sp³-hybridized carbons (Fsp3) is 0.300. The molecule has 0 aliphatic carbocycles. The molecule has 0 saturated carbocycles. The van der Waals surface area contributed by atoms with E-state index in [1.807, 2.05) is 52.0 Å². The molecule has 0 heterocycles. The molecule has 0 atom stereocenters. The third-order valence-electron chi connectivity index (χ3n) is 3.97. The Balaban J connectivity index is 2.20. The maximum atomic E-state index is 12.4. The van der Waals surface area contributed by atoms with Gasteiger partial charge < -0.3 is 15.4 Å². The fourth-order valence-electron chi connectivity index (χ4n) is 2.61. The van der Waals surface area contributed by atoms with Gasteiger partial charge in [-0.15, -0.1) is 0 Å². The van der Waals surface area contributed by atoms with Gasteiger partial charge in [-0.3, -0.25) is 9.59 Å². The van der Waals surface area contributed by atoms with Crippen LogP contribution in [0.2, 0.25) is 0 Å². The van der Waals surface area contributed by atoms with E-state index in [1.165, 1.54) is 7.11 Å². The van der Waals surface area contributed by atoms with Crippen LogP contribution in [0.15, 0.2) is 36.4 Å². The number of anilines is 2. The molecule has 25 heavy (non-hydrogen) atoms. The van der Waals surface area contributed by atoms with Crippen molar-refractivity contribution in [3.63, 3.8) is 0 Å². The summed E-state index contributed by atoms with van der Waals surface area (Å²) in [6, 6.07) is 11.2. The average molecular weight is 340 g/mol. The van der Waals surface area contributed by atoms with E-state index >= 15 is 0 Å². The highest BCUT2D eigenvalue weighted by molar-refractivity contribution is 6.44. The van der Waals surface area contributed by atoms with Crippen LogP contribution in [0.25, 0.3) is 0 Å². The molecule has 0 saturated heterocycles. The van der Waals surface area contributed by atoms with Crippen molar-refractivity contribution in [2.45, 2.75) is 33.6 Å². The highest BCUT2D eigenvalue weighted by atomic mass is 16.5. The van der Waals surface area contributed by atoms with Crippen molar-refractivity contribution in [2.24, 2.45) is 0 Å². The average Bonchev–Trinajstić information content (AvgIpc) is 2.56. The first-order valence-electron chi connectivity index (χ1n) is 8.20. The van der Waals surface area contributed by atoms with Gasteiger partial charge in [-0.25, -0.2) is 0 Å². The lowest BCUT2D eigenvalue weighted by Gasteiger charge is -2.16. The van der Waals surface area contributed by atoms with E-state index in [9.17, 15) is 9.59 Å². The first-order chi connectivity index (χ1) is 11.8. The minimum Gasteiger partial charge on any atom is -0.495 e. The lowest BCUT2D eigenvalue weighted by Crippen LogP contribution is -2.30. The number of carbonyl (C=O) groups is 2. The standard InChI is InChI=1S/C20H24N2O3/c1-12(2)15-8-6-7-14(4)18(15)22-20(24)19(23)21-16-11-13(3)9-10-17(16)25-5/h6-12H,1-5H3,(H,21,23)(H,22,24). The molecule has 0 spiro atoms. The number of para-hydroxylation sites is 1. The van der Waals surface area contributed by atoms with Gasteiger partial charge in [-0.1, -0.05) is 38.1 Å². The lowest BCUT2D eigenvalue weighted by atomic mass is 9.98. The monoisotopic (exact) mass is 340 g/mol. The van der Waals surface area contributed by atoms with Crippen molar-refractivity contribution in [1.82, 2.24) is 0 Å². The second-order valence-corrected chi connectivity index (χ2v) is 6.31. The first kappa shape index (κ1) is 18.5. The number of nitrogens with one attached hydrogen (secondary N) is 2. The van der Waals surface area contributed by atoms with Gasteiger partial charge in [0.2, 0.25) is 0 Å². The third kappa shape index (κ3) is 4.38. The predicted molar refractivity (Wildman–Crippen MR) is 100 cm³/mol. The smallest absolute Gasteiger partial charge is 0.314 e. The Labute approximate surface area is 148 Å². The summed E-state index contributed by atoms with van der Waals surface area (Å²) in [6.45, 7) is 7.89. The molecule has 0 aliphatic heterocycles. The van der Waals surface area contributed by atoms with Gasteiger partial charge >= 0.3 is 11.8 Å². The summed E-state index contributed by atoms with van der Waals surface area (Å²) in [7, 11) is 1.52. The number of hydrogen-bond donors (Lipinski definition) is 2. The summed E-state index contributed by atoms with van der Waals surface area (Å²) in [5, 5.41) is 5.35. The van der Waals surface area contributed by atoms with Crippen molar-refractivity contribution in [1.29, 1.82) is 0 Å². The maximum absolute atomic E-state index is 12.4. The number of hydrogen-bond acceptors (Lipinski definition) is 3. The molecule has 2 aromatic rings. The van der Waals surface area contributed by atoms with Crippen LogP contribution in [-0.4, -0.2) is 18.9 Å². The molecule has 2 N–H and O–H groups in total. The quantitative estimate of drug-likeness (QED) is 0.826. The zero-order valence-corrected chi connectivity index (χ0v) is 15.3. The highest BCUT2D eigenvalue weighted by Gasteiger charge is 2.19. The molecule has 0 radical (unpaired) electrons. The van der Waals surface area contributed by atoms with E-state index in [2.05, 4.69) is 10.6 Å². The van der Waals surface area contributed by atoms with E-state index in [-0.39, 0.29) is 5.92 Å². The van der Waals surface area contributed by atoms with E-state index in [0.717, 1.165) is 16.7 Å². The van der Waals surface area contributed by atoms with Crippen LogP contribution in [0.1, 0.15) is 36.5 Å². The summed E-state index contributed by atoms with van der Waals surface area (Å²) < 4.78 is 5.22. The van der Waals surface area contributed by atoms with Crippen molar-refractivity contribution in [2.75, 3.05) is 17.7 Å². The first-order valence-corrected chi connectivity index (χ1v) is 8.20. The summed E-state index contributed by atoms with van der Waals surface area (Å²) in [6.07, 6.45) is 0. The van der Waals surface area contributed by atoms with Gasteiger partial charge in [-0.05, 0) is 48.6 Å². The van der Waals surface area contributed by atoms with Gasteiger partial charge in [0.15, 0.2) is 0 Å². The van der Waals surface area contributed by atoms with Crippen LogP contribution in [0.3, 0.4) is 0 Å². The molecule has 132 valence electrons. The number of carbonyl (C=O) groups excluding carboxylic acids is 2. The summed E-state index contributed by atoms with van der Waals surface area (Å²) >= 11 is 0. The number of rotatable bonds is 4. The molecule has 2 rings (SSSR count).